The Bertz CT molecular complexity index is 967. The lowest BCUT2D eigenvalue weighted by atomic mass is 10.1. The number of carbonyl (C=O) groups is 4. The highest BCUT2D eigenvalue weighted by molar-refractivity contribution is 6.32. The molecule has 0 saturated heterocycles. The van der Waals surface area contributed by atoms with Crippen molar-refractivity contribution >= 4 is 45.8 Å². The summed E-state index contributed by atoms with van der Waals surface area (Å²) < 4.78 is 0. The maximum atomic E-state index is 12.0. The Labute approximate surface area is 136 Å². The quantitative estimate of drug-likeness (QED) is 0.790. The van der Waals surface area contributed by atoms with E-state index in [2.05, 4.69) is 0 Å². The van der Waals surface area contributed by atoms with Crippen molar-refractivity contribution in [2.45, 2.75) is 0 Å². The standard InChI is InChI=1S/C18H10N2O4/c21-15-5-6-16(22)19(15)12-9-11-3-1-2-4-13(11)14(10-12)20-17(23)7-8-18(20)24/h1-10H. The van der Waals surface area contributed by atoms with E-state index in [1.807, 2.05) is 0 Å². The molecule has 24 heavy (non-hydrogen) atoms. The molecule has 0 bridgehead atoms. The number of carbonyl (C=O) groups excluding carboxylic acids is 4. The van der Waals surface area contributed by atoms with Gasteiger partial charge in [-0.1, -0.05) is 24.3 Å². The van der Waals surface area contributed by atoms with E-state index in [-0.39, 0.29) is 0 Å². The summed E-state index contributed by atoms with van der Waals surface area (Å²) >= 11 is 0. The minimum atomic E-state index is -0.460. The number of fused-ring (bicyclic) bond motifs is 1. The van der Waals surface area contributed by atoms with E-state index in [1.165, 1.54) is 30.4 Å². The Morgan fingerprint density at radius 1 is 0.625 bits per heavy atom. The molecule has 0 aliphatic carbocycles. The summed E-state index contributed by atoms with van der Waals surface area (Å²) in [4.78, 5) is 50.0. The van der Waals surface area contributed by atoms with Gasteiger partial charge in [-0.2, -0.15) is 0 Å². The predicted molar refractivity (Wildman–Crippen MR) is 87.2 cm³/mol. The first-order valence-electron chi connectivity index (χ1n) is 7.21. The highest BCUT2D eigenvalue weighted by Gasteiger charge is 2.30. The van der Waals surface area contributed by atoms with Crippen LogP contribution in [-0.4, -0.2) is 23.6 Å². The average molecular weight is 318 g/mol. The third kappa shape index (κ3) is 1.97. The van der Waals surface area contributed by atoms with Crippen LogP contribution < -0.4 is 9.80 Å². The molecule has 2 aliphatic rings. The molecule has 2 aliphatic heterocycles. The van der Waals surface area contributed by atoms with Crippen LogP contribution >= 0.6 is 0 Å². The van der Waals surface area contributed by atoms with Gasteiger partial charge in [-0.3, -0.25) is 19.2 Å². The summed E-state index contributed by atoms with van der Waals surface area (Å²) in [6.07, 6.45) is 4.75. The number of benzene rings is 2. The maximum Gasteiger partial charge on any atom is 0.258 e. The fourth-order valence-corrected chi connectivity index (χ4v) is 2.88. The van der Waals surface area contributed by atoms with E-state index in [0.717, 1.165) is 9.80 Å². The van der Waals surface area contributed by atoms with Crippen LogP contribution in [0.25, 0.3) is 10.8 Å². The van der Waals surface area contributed by atoms with Gasteiger partial charge in [0, 0.05) is 29.7 Å². The average Bonchev–Trinajstić information content (AvgIpc) is 3.08. The second-order valence-corrected chi connectivity index (χ2v) is 5.38. The lowest BCUT2D eigenvalue weighted by molar-refractivity contribution is -0.121. The molecule has 6 nitrogen and oxygen atoms in total. The first-order valence-corrected chi connectivity index (χ1v) is 7.21. The molecule has 0 fully saturated rings. The highest BCUT2D eigenvalue weighted by atomic mass is 16.2. The van der Waals surface area contributed by atoms with E-state index in [9.17, 15) is 19.2 Å². The Balaban J connectivity index is 1.95. The van der Waals surface area contributed by atoms with Crippen molar-refractivity contribution < 1.29 is 19.2 Å². The SMILES string of the molecule is O=C1C=CC(=O)N1c1cc(N2C(=O)C=CC2=O)c2ccccc2c1. The molecule has 0 spiro atoms. The molecule has 4 rings (SSSR count). The van der Waals surface area contributed by atoms with Crippen LogP contribution in [0.2, 0.25) is 0 Å². The number of hydrogen-bond donors (Lipinski definition) is 0. The molecule has 6 heteroatoms. The van der Waals surface area contributed by atoms with Crippen LogP contribution in [0.1, 0.15) is 0 Å². The number of rotatable bonds is 2. The van der Waals surface area contributed by atoms with Crippen LogP contribution in [0.5, 0.6) is 0 Å². The van der Waals surface area contributed by atoms with Gasteiger partial charge in [0.2, 0.25) is 0 Å². The van der Waals surface area contributed by atoms with Gasteiger partial charge in [-0.15, -0.1) is 0 Å². The van der Waals surface area contributed by atoms with Gasteiger partial charge in [0.15, 0.2) is 0 Å². The third-order valence-electron chi connectivity index (χ3n) is 3.94. The predicted octanol–water partition coefficient (Wildman–Crippen LogP) is 1.70. The first-order chi connectivity index (χ1) is 11.6. The number of nitrogens with zero attached hydrogens (tertiary/aromatic N) is 2. The molecular formula is C18H10N2O4. The van der Waals surface area contributed by atoms with Gasteiger partial charge in [0.05, 0.1) is 11.4 Å². The second kappa shape index (κ2) is 4.99. The van der Waals surface area contributed by atoms with Crippen LogP contribution in [-0.2, 0) is 19.2 Å². The van der Waals surface area contributed by atoms with E-state index in [4.69, 9.17) is 0 Å². The van der Waals surface area contributed by atoms with E-state index < -0.39 is 23.6 Å². The van der Waals surface area contributed by atoms with Gasteiger partial charge >= 0.3 is 0 Å². The molecule has 0 radical (unpaired) electrons. The lowest BCUT2D eigenvalue weighted by Crippen LogP contribution is -2.32. The largest absolute Gasteiger partial charge is 0.269 e. The monoisotopic (exact) mass is 318 g/mol. The molecule has 0 aromatic heterocycles. The summed E-state index contributed by atoms with van der Waals surface area (Å²) in [5.41, 5.74) is 0.659. The molecule has 2 heterocycles. The van der Waals surface area contributed by atoms with Crippen molar-refractivity contribution in [3.63, 3.8) is 0 Å². The van der Waals surface area contributed by atoms with Gasteiger partial charge in [-0.25, -0.2) is 9.80 Å². The molecule has 2 aromatic carbocycles. The van der Waals surface area contributed by atoms with Crippen LogP contribution in [0, 0.1) is 0 Å². The molecule has 0 saturated carbocycles. The summed E-state index contributed by atoms with van der Waals surface area (Å²) in [5.74, 6) is -1.84. The fourth-order valence-electron chi connectivity index (χ4n) is 2.88. The summed E-state index contributed by atoms with van der Waals surface area (Å²) in [7, 11) is 0. The molecule has 2 aromatic rings. The van der Waals surface area contributed by atoms with Crippen LogP contribution in [0.4, 0.5) is 11.4 Å². The van der Waals surface area contributed by atoms with E-state index >= 15 is 0 Å². The molecule has 0 N–H and O–H groups in total. The van der Waals surface area contributed by atoms with Crippen molar-refractivity contribution in [3.8, 4) is 0 Å². The van der Waals surface area contributed by atoms with Crippen molar-refractivity contribution in [1.29, 1.82) is 0 Å². The Morgan fingerprint density at radius 3 is 1.79 bits per heavy atom. The highest BCUT2D eigenvalue weighted by Crippen LogP contribution is 2.35. The van der Waals surface area contributed by atoms with Gasteiger partial charge in [0.25, 0.3) is 23.6 Å². The van der Waals surface area contributed by atoms with E-state index in [0.29, 0.717) is 22.1 Å². The van der Waals surface area contributed by atoms with Gasteiger partial charge in [-0.05, 0) is 17.5 Å². The summed E-state index contributed by atoms with van der Waals surface area (Å²) in [6.45, 7) is 0. The topological polar surface area (TPSA) is 74.8 Å². The fraction of sp³-hybridized carbons (Fsp3) is 0. The Kier molecular flexibility index (Phi) is 2.93. The summed E-state index contributed by atoms with van der Waals surface area (Å²) in [6, 6.07) is 10.3. The Morgan fingerprint density at radius 2 is 1.17 bits per heavy atom. The van der Waals surface area contributed by atoms with Gasteiger partial charge < -0.3 is 0 Å². The van der Waals surface area contributed by atoms with Crippen molar-refractivity contribution in [2.75, 3.05) is 9.80 Å². The smallest absolute Gasteiger partial charge is 0.258 e. The molecular weight excluding hydrogens is 308 g/mol. The zero-order chi connectivity index (χ0) is 16.8. The number of hydrogen-bond acceptors (Lipinski definition) is 4. The number of anilines is 2. The number of amides is 4. The van der Waals surface area contributed by atoms with Gasteiger partial charge in [0.1, 0.15) is 0 Å². The maximum absolute atomic E-state index is 12.0. The van der Waals surface area contributed by atoms with Crippen molar-refractivity contribution in [2.24, 2.45) is 0 Å². The summed E-state index contributed by atoms with van der Waals surface area (Å²) in [5, 5.41) is 1.39. The van der Waals surface area contributed by atoms with E-state index in [1.54, 1.807) is 30.3 Å². The molecule has 0 unspecified atom stereocenters. The molecule has 116 valence electrons. The van der Waals surface area contributed by atoms with Crippen molar-refractivity contribution in [1.82, 2.24) is 0 Å². The zero-order valence-corrected chi connectivity index (χ0v) is 12.3. The van der Waals surface area contributed by atoms with Crippen LogP contribution in [0.3, 0.4) is 0 Å². The molecule has 0 atom stereocenters. The first kappa shape index (κ1) is 14.1. The molecule has 4 amide bonds. The zero-order valence-electron chi connectivity index (χ0n) is 12.3. The normalized spacial score (nSPS) is 17.0. The number of imide groups is 2. The second-order valence-electron chi connectivity index (χ2n) is 5.38. The minimum absolute atomic E-state index is 0.316. The van der Waals surface area contributed by atoms with Crippen LogP contribution in [0.15, 0.2) is 60.7 Å². The Hall–Kier alpha value is -3.54. The third-order valence-corrected chi connectivity index (χ3v) is 3.94. The minimum Gasteiger partial charge on any atom is -0.269 e. The lowest BCUT2D eigenvalue weighted by Gasteiger charge is -2.21. The van der Waals surface area contributed by atoms with Crippen molar-refractivity contribution in [3.05, 3.63) is 60.7 Å².